The van der Waals surface area contributed by atoms with Gasteiger partial charge >= 0.3 is 0 Å². The molecule has 1 unspecified atom stereocenters. The fraction of sp³-hybridized carbons (Fsp3) is 0.182. The Hall–Kier alpha value is -0.890. The molecule has 13 heavy (non-hydrogen) atoms. The molecule has 0 amide bonds. The third-order valence-corrected chi connectivity index (χ3v) is 2.66. The van der Waals surface area contributed by atoms with Crippen LogP contribution in [0.25, 0.3) is 0 Å². The average molecular weight is 239 g/mol. The minimum Gasteiger partial charge on any atom is -0.302 e. The molecule has 0 saturated heterocycles. The van der Waals surface area contributed by atoms with Gasteiger partial charge in [0.25, 0.3) is 0 Å². The number of halogens is 1. The lowest BCUT2D eigenvalue weighted by molar-refractivity contribution is -0.110. The van der Waals surface area contributed by atoms with Gasteiger partial charge in [-0.25, -0.2) is 0 Å². The average Bonchev–Trinajstić information content (AvgIpc) is 2.18. The number of carbonyl (C=O) groups excluding carboxylic acids is 1. The summed E-state index contributed by atoms with van der Waals surface area (Å²) in [4.78, 5) is 10.9. The Morgan fingerprint density at radius 2 is 1.92 bits per heavy atom. The summed E-state index contributed by atoms with van der Waals surface area (Å²) in [5.41, 5.74) is 0.390. The smallest absolute Gasteiger partial charge is 0.134 e. The van der Waals surface area contributed by atoms with Gasteiger partial charge in [-0.05, 0) is 24.6 Å². The summed E-state index contributed by atoms with van der Waals surface area (Å²) in [6, 6.07) is 7.67. The van der Waals surface area contributed by atoms with E-state index >= 15 is 0 Å². The summed E-state index contributed by atoms with van der Waals surface area (Å²) >= 11 is 3.34. The normalized spacial score (nSPS) is 14.6. The van der Waals surface area contributed by atoms with E-state index < -0.39 is 5.41 Å². The van der Waals surface area contributed by atoms with Crippen LogP contribution in [-0.4, -0.2) is 6.29 Å². The van der Waals surface area contributed by atoms with Crippen LogP contribution in [0.1, 0.15) is 12.5 Å². The van der Waals surface area contributed by atoms with Gasteiger partial charge in [0.15, 0.2) is 0 Å². The molecule has 0 bridgehead atoms. The van der Waals surface area contributed by atoms with Gasteiger partial charge in [0.1, 0.15) is 6.29 Å². The Bertz CT molecular complexity index is 305. The Kier molecular flexibility index (Phi) is 3.04. The van der Waals surface area contributed by atoms with Gasteiger partial charge in [-0.3, -0.25) is 0 Å². The molecular formula is C11H11BrO. The van der Waals surface area contributed by atoms with E-state index in [0.29, 0.717) is 0 Å². The lowest BCUT2D eigenvalue weighted by Crippen LogP contribution is -2.19. The fourth-order valence-electron chi connectivity index (χ4n) is 1.04. The summed E-state index contributed by atoms with van der Waals surface area (Å²) < 4.78 is 1.01. The lowest BCUT2D eigenvalue weighted by atomic mass is 9.84. The molecule has 0 N–H and O–H groups in total. The second-order valence-corrected chi connectivity index (χ2v) is 4.03. The summed E-state index contributed by atoms with van der Waals surface area (Å²) in [7, 11) is 0. The van der Waals surface area contributed by atoms with Crippen LogP contribution in [0.4, 0.5) is 0 Å². The molecule has 0 aliphatic carbocycles. The highest BCUT2D eigenvalue weighted by molar-refractivity contribution is 9.10. The van der Waals surface area contributed by atoms with Crippen molar-refractivity contribution in [3.63, 3.8) is 0 Å². The second-order valence-electron chi connectivity index (χ2n) is 3.11. The Morgan fingerprint density at radius 3 is 2.31 bits per heavy atom. The van der Waals surface area contributed by atoms with Crippen LogP contribution in [0.5, 0.6) is 0 Å². The second kappa shape index (κ2) is 3.88. The van der Waals surface area contributed by atoms with Crippen molar-refractivity contribution in [2.75, 3.05) is 0 Å². The molecule has 0 aliphatic heterocycles. The Morgan fingerprint density at radius 1 is 1.38 bits per heavy atom. The quantitative estimate of drug-likeness (QED) is 0.585. The third kappa shape index (κ3) is 2.07. The number of benzene rings is 1. The molecule has 0 radical (unpaired) electrons. The van der Waals surface area contributed by atoms with Crippen molar-refractivity contribution in [1.29, 1.82) is 0 Å². The van der Waals surface area contributed by atoms with E-state index in [9.17, 15) is 4.79 Å². The molecule has 0 spiro atoms. The van der Waals surface area contributed by atoms with E-state index in [4.69, 9.17) is 0 Å². The Labute approximate surface area is 86.6 Å². The van der Waals surface area contributed by atoms with E-state index in [-0.39, 0.29) is 0 Å². The largest absolute Gasteiger partial charge is 0.302 e. The molecule has 2 heteroatoms. The standard InChI is InChI=1S/C11H11BrO/c1-3-11(2,8-13)9-4-6-10(12)7-5-9/h3-8H,1H2,2H3. The molecule has 0 heterocycles. The number of hydrogen-bond donors (Lipinski definition) is 0. The first-order valence-corrected chi connectivity index (χ1v) is 4.77. The summed E-state index contributed by atoms with van der Waals surface area (Å²) in [5, 5.41) is 0. The molecule has 1 aromatic carbocycles. The van der Waals surface area contributed by atoms with Crippen LogP contribution in [-0.2, 0) is 10.2 Å². The zero-order valence-electron chi connectivity index (χ0n) is 7.46. The van der Waals surface area contributed by atoms with Crippen LogP contribution in [0, 0.1) is 0 Å². The van der Waals surface area contributed by atoms with E-state index in [1.807, 2.05) is 31.2 Å². The summed E-state index contributed by atoms with van der Waals surface area (Å²) in [6.07, 6.45) is 2.56. The highest BCUT2D eigenvalue weighted by Crippen LogP contribution is 2.23. The minimum absolute atomic E-state index is 0.569. The van der Waals surface area contributed by atoms with Gasteiger partial charge in [-0.15, -0.1) is 6.58 Å². The predicted octanol–water partition coefficient (Wildman–Crippen LogP) is 3.09. The highest BCUT2D eigenvalue weighted by Gasteiger charge is 2.21. The van der Waals surface area contributed by atoms with Gasteiger partial charge in [-0.2, -0.15) is 0 Å². The maximum absolute atomic E-state index is 10.9. The van der Waals surface area contributed by atoms with Crippen LogP contribution in [0.15, 0.2) is 41.4 Å². The highest BCUT2D eigenvalue weighted by atomic mass is 79.9. The van der Waals surface area contributed by atoms with E-state index in [1.54, 1.807) is 6.08 Å². The van der Waals surface area contributed by atoms with Gasteiger partial charge in [0.05, 0.1) is 5.41 Å². The number of carbonyl (C=O) groups is 1. The number of hydrogen-bond acceptors (Lipinski definition) is 1. The van der Waals surface area contributed by atoms with Crippen molar-refractivity contribution >= 4 is 22.2 Å². The number of rotatable bonds is 3. The topological polar surface area (TPSA) is 17.1 Å². The molecule has 0 fully saturated rings. The first kappa shape index (κ1) is 10.2. The maximum atomic E-state index is 10.9. The molecule has 0 saturated carbocycles. The van der Waals surface area contributed by atoms with Gasteiger partial charge in [-0.1, -0.05) is 34.1 Å². The van der Waals surface area contributed by atoms with Crippen molar-refractivity contribution < 1.29 is 4.79 Å². The number of aldehydes is 1. The maximum Gasteiger partial charge on any atom is 0.134 e. The van der Waals surface area contributed by atoms with Crippen LogP contribution in [0.3, 0.4) is 0 Å². The molecule has 0 aromatic heterocycles. The van der Waals surface area contributed by atoms with Crippen molar-refractivity contribution in [2.24, 2.45) is 0 Å². The SMILES string of the molecule is C=CC(C)(C=O)c1ccc(Br)cc1. The van der Waals surface area contributed by atoms with Crippen molar-refractivity contribution in [3.8, 4) is 0 Å². The molecular weight excluding hydrogens is 228 g/mol. The van der Waals surface area contributed by atoms with Crippen LogP contribution in [0.2, 0.25) is 0 Å². The van der Waals surface area contributed by atoms with Crippen molar-refractivity contribution in [3.05, 3.63) is 47.0 Å². The van der Waals surface area contributed by atoms with Crippen molar-refractivity contribution in [2.45, 2.75) is 12.3 Å². The first-order chi connectivity index (χ1) is 6.12. The van der Waals surface area contributed by atoms with E-state index in [1.165, 1.54) is 0 Å². The van der Waals surface area contributed by atoms with Crippen LogP contribution < -0.4 is 0 Å². The molecule has 68 valence electrons. The van der Waals surface area contributed by atoms with Crippen LogP contribution >= 0.6 is 15.9 Å². The minimum atomic E-state index is -0.569. The number of allylic oxidation sites excluding steroid dienone is 1. The molecule has 1 rings (SSSR count). The van der Waals surface area contributed by atoms with Crippen molar-refractivity contribution in [1.82, 2.24) is 0 Å². The van der Waals surface area contributed by atoms with E-state index in [2.05, 4.69) is 22.5 Å². The summed E-state index contributed by atoms with van der Waals surface area (Å²) in [5.74, 6) is 0. The zero-order valence-corrected chi connectivity index (χ0v) is 9.04. The Balaban J connectivity index is 3.13. The summed E-state index contributed by atoms with van der Waals surface area (Å²) in [6.45, 7) is 5.50. The fourth-order valence-corrected chi connectivity index (χ4v) is 1.31. The van der Waals surface area contributed by atoms with E-state index in [0.717, 1.165) is 16.3 Å². The molecule has 1 nitrogen and oxygen atoms in total. The van der Waals surface area contributed by atoms with Gasteiger partial charge < -0.3 is 4.79 Å². The molecule has 0 aliphatic rings. The zero-order chi connectivity index (χ0) is 9.90. The first-order valence-electron chi connectivity index (χ1n) is 3.98. The molecule has 1 atom stereocenters. The monoisotopic (exact) mass is 238 g/mol. The lowest BCUT2D eigenvalue weighted by Gasteiger charge is -2.18. The third-order valence-electron chi connectivity index (χ3n) is 2.14. The van der Waals surface area contributed by atoms with Gasteiger partial charge in [0.2, 0.25) is 0 Å². The predicted molar refractivity (Wildman–Crippen MR) is 57.8 cm³/mol. The molecule has 1 aromatic rings. The van der Waals surface area contributed by atoms with Gasteiger partial charge in [0, 0.05) is 4.47 Å².